The molecule has 0 aromatic heterocycles. The summed E-state index contributed by atoms with van der Waals surface area (Å²) in [5.41, 5.74) is 0.805. The second-order valence-electron chi connectivity index (χ2n) is 5.22. The number of carbonyl (C=O) groups is 1. The van der Waals surface area contributed by atoms with Crippen molar-refractivity contribution in [2.75, 3.05) is 12.4 Å². The lowest BCUT2D eigenvalue weighted by Gasteiger charge is -2.17. The molecule has 1 N–H and O–H groups in total. The van der Waals surface area contributed by atoms with Crippen LogP contribution in [0, 0.1) is 11.6 Å². The van der Waals surface area contributed by atoms with Crippen LogP contribution in [-0.4, -0.2) is 25.7 Å². The highest BCUT2D eigenvalue weighted by Gasteiger charge is 2.21. The van der Waals surface area contributed by atoms with Crippen molar-refractivity contribution < 1.29 is 22.0 Å². The Morgan fingerprint density at radius 1 is 1.08 bits per heavy atom. The van der Waals surface area contributed by atoms with Gasteiger partial charge in [-0.05, 0) is 42.0 Å². The Hall–Kier alpha value is -2.32. The smallest absolute Gasteiger partial charge is 0.243 e. The molecule has 2 rings (SSSR count). The van der Waals surface area contributed by atoms with Crippen LogP contribution in [0.2, 0.25) is 0 Å². The highest BCUT2D eigenvalue weighted by Crippen LogP contribution is 2.20. The second kappa shape index (κ2) is 7.06. The lowest BCUT2D eigenvalue weighted by atomic mass is 10.2. The summed E-state index contributed by atoms with van der Waals surface area (Å²) in [6.07, 6.45) is 0. The van der Waals surface area contributed by atoms with E-state index in [4.69, 9.17) is 0 Å². The Balaban J connectivity index is 2.19. The van der Waals surface area contributed by atoms with Crippen molar-refractivity contribution in [3.63, 3.8) is 0 Å². The number of halogens is 2. The Morgan fingerprint density at radius 2 is 1.71 bits per heavy atom. The fraction of sp³-hybridized carbons (Fsp3) is 0.188. The summed E-state index contributed by atoms with van der Waals surface area (Å²) in [4.78, 5) is 11.0. The van der Waals surface area contributed by atoms with Crippen molar-refractivity contribution in [3.8, 4) is 0 Å². The second-order valence-corrected chi connectivity index (χ2v) is 7.26. The van der Waals surface area contributed by atoms with Crippen molar-refractivity contribution in [1.82, 2.24) is 4.31 Å². The largest absolute Gasteiger partial charge is 0.326 e. The van der Waals surface area contributed by atoms with E-state index < -0.39 is 21.7 Å². The number of anilines is 1. The zero-order chi connectivity index (χ0) is 17.9. The van der Waals surface area contributed by atoms with E-state index in [0.29, 0.717) is 11.3 Å². The summed E-state index contributed by atoms with van der Waals surface area (Å²) >= 11 is 0. The molecule has 2 aromatic rings. The number of hydrogen-bond acceptors (Lipinski definition) is 3. The predicted octanol–water partition coefficient (Wildman–Crippen LogP) is 2.74. The van der Waals surface area contributed by atoms with Gasteiger partial charge < -0.3 is 5.32 Å². The number of nitrogens with zero attached hydrogens (tertiary/aromatic N) is 1. The van der Waals surface area contributed by atoms with Gasteiger partial charge in [0, 0.05) is 26.2 Å². The molecule has 0 heterocycles. The SMILES string of the molecule is CC(=O)Nc1ccc(S(=O)(=O)N(C)Cc2ccc(F)c(F)c2)cc1. The minimum Gasteiger partial charge on any atom is -0.326 e. The standard InChI is InChI=1S/C16H16F2N2O3S/c1-11(21)19-13-4-6-14(7-5-13)24(22,23)20(2)10-12-3-8-15(17)16(18)9-12/h3-9H,10H2,1-2H3,(H,19,21). The average molecular weight is 354 g/mol. The topological polar surface area (TPSA) is 66.5 Å². The van der Waals surface area contributed by atoms with Crippen LogP contribution in [0.5, 0.6) is 0 Å². The zero-order valence-corrected chi connectivity index (χ0v) is 13.9. The van der Waals surface area contributed by atoms with Crippen LogP contribution in [0.15, 0.2) is 47.4 Å². The van der Waals surface area contributed by atoms with Gasteiger partial charge in [0.05, 0.1) is 4.90 Å². The van der Waals surface area contributed by atoms with Crippen molar-refractivity contribution >= 4 is 21.6 Å². The molecule has 0 aliphatic carbocycles. The molecule has 0 saturated carbocycles. The van der Waals surface area contributed by atoms with Crippen molar-refractivity contribution in [2.45, 2.75) is 18.4 Å². The normalized spacial score (nSPS) is 11.5. The quantitative estimate of drug-likeness (QED) is 0.898. The molecule has 0 atom stereocenters. The van der Waals surface area contributed by atoms with Gasteiger partial charge in [-0.15, -0.1) is 0 Å². The molecule has 0 aliphatic rings. The number of hydrogen-bond donors (Lipinski definition) is 1. The molecule has 1 amide bonds. The molecule has 0 aliphatic heterocycles. The van der Waals surface area contributed by atoms with Crippen LogP contribution in [0.3, 0.4) is 0 Å². The highest BCUT2D eigenvalue weighted by atomic mass is 32.2. The molecule has 0 bridgehead atoms. The molecule has 0 saturated heterocycles. The molecule has 0 unspecified atom stereocenters. The van der Waals surface area contributed by atoms with Gasteiger partial charge in [0.25, 0.3) is 0 Å². The van der Waals surface area contributed by atoms with E-state index in [1.807, 2.05) is 0 Å². The first-order valence-corrected chi connectivity index (χ1v) is 8.42. The van der Waals surface area contributed by atoms with Gasteiger partial charge in [0.15, 0.2) is 11.6 Å². The summed E-state index contributed by atoms with van der Waals surface area (Å²) in [7, 11) is -2.46. The highest BCUT2D eigenvalue weighted by molar-refractivity contribution is 7.89. The number of rotatable bonds is 5. The lowest BCUT2D eigenvalue weighted by molar-refractivity contribution is -0.114. The maximum absolute atomic E-state index is 13.2. The first kappa shape index (κ1) is 18.0. The molecule has 8 heteroatoms. The van der Waals surface area contributed by atoms with Crippen LogP contribution in [0.25, 0.3) is 0 Å². The number of sulfonamides is 1. The molecule has 24 heavy (non-hydrogen) atoms. The van der Waals surface area contributed by atoms with Gasteiger partial charge in [0.1, 0.15) is 0 Å². The molecule has 5 nitrogen and oxygen atoms in total. The minimum absolute atomic E-state index is 0.0293. The predicted molar refractivity (Wildman–Crippen MR) is 85.8 cm³/mol. The molecule has 0 fully saturated rings. The van der Waals surface area contributed by atoms with Crippen molar-refractivity contribution in [1.29, 1.82) is 0 Å². The van der Waals surface area contributed by atoms with E-state index in [-0.39, 0.29) is 17.3 Å². The van der Waals surface area contributed by atoms with Gasteiger partial charge >= 0.3 is 0 Å². The number of nitrogens with one attached hydrogen (secondary N) is 1. The molecule has 2 aromatic carbocycles. The molecule has 128 valence electrons. The first-order chi connectivity index (χ1) is 11.2. The van der Waals surface area contributed by atoms with Crippen LogP contribution in [0.1, 0.15) is 12.5 Å². The van der Waals surface area contributed by atoms with Crippen molar-refractivity contribution in [3.05, 3.63) is 59.7 Å². The van der Waals surface area contributed by atoms with E-state index in [9.17, 15) is 22.0 Å². The summed E-state index contributed by atoms with van der Waals surface area (Å²) in [6.45, 7) is 1.24. The fourth-order valence-corrected chi connectivity index (χ4v) is 3.23. The Kier molecular flexibility index (Phi) is 5.30. The first-order valence-electron chi connectivity index (χ1n) is 6.98. The number of carbonyl (C=O) groups excluding carboxylic acids is 1. The van der Waals surface area contributed by atoms with Crippen molar-refractivity contribution in [2.24, 2.45) is 0 Å². The third-order valence-electron chi connectivity index (χ3n) is 3.27. The Labute approximate surface area is 139 Å². The van der Waals surface area contributed by atoms with Gasteiger partial charge in [-0.1, -0.05) is 6.07 Å². The number of amides is 1. The van der Waals surface area contributed by atoms with Crippen LogP contribution < -0.4 is 5.32 Å². The van der Waals surface area contributed by atoms with Gasteiger partial charge in [0.2, 0.25) is 15.9 Å². The Morgan fingerprint density at radius 3 is 2.25 bits per heavy atom. The third kappa shape index (κ3) is 4.15. The van der Waals surface area contributed by atoms with Gasteiger partial charge in [-0.2, -0.15) is 4.31 Å². The molecular formula is C16H16F2N2O3S. The summed E-state index contributed by atoms with van der Waals surface area (Å²) in [5, 5.41) is 2.54. The summed E-state index contributed by atoms with van der Waals surface area (Å²) < 4.78 is 52.2. The summed E-state index contributed by atoms with van der Waals surface area (Å²) in [5.74, 6) is -2.28. The number of benzene rings is 2. The average Bonchev–Trinajstić information content (AvgIpc) is 2.51. The summed E-state index contributed by atoms with van der Waals surface area (Å²) in [6, 6.07) is 8.91. The van der Waals surface area contributed by atoms with E-state index in [2.05, 4.69) is 5.32 Å². The molecular weight excluding hydrogens is 338 g/mol. The van der Waals surface area contributed by atoms with E-state index in [0.717, 1.165) is 16.4 Å². The maximum Gasteiger partial charge on any atom is 0.243 e. The minimum atomic E-state index is -3.80. The maximum atomic E-state index is 13.2. The van der Waals surface area contributed by atoms with Crippen LogP contribution in [0.4, 0.5) is 14.5 Å². The van der Waals surface area contributed by atoms with Crippen LogP contribution >= 0.6 is 0 Å². The fourth-order valence-electron chi connectivity index (χ4n) is 2.07. The monoisotopic (exact) mass is 354 g/mol. The third-order valence-corrected chi connectivity index (χ3v) is 5.09. The Bertz CT molecular complexity index is 852. The lowest BCUT2D eigenvalue weighted by Crippen LogP contribution is -2.26. The van der Waals surface area contributed by atoms with Gasteiger partial charge in [-0.25, -0.2) is 17.2 Å². The van der Waals surface area contributed by atoms with E-state index >= 15 is 0 Å². The molecule has 0 radical (unpaired) electrons. The zero-order valence-electron chi connectivity index (χ0n) is 13.1. The van der Waals surface area contributed by atoms with Crippen LogP contribution in [-0.2, 0) is 21.4 Å². The van der Waals surface area contributed by atoms with E-state index in [1.165, 1.54) is 44.3 Å². The molecule has 0 spiro atoms. The van der Waals surface area contributed by atoms with E-state index in [1.54, 1.807) is 0 Å². The van der Waals surface area contributed by atoms with Gasteiger partial charge in [-0.3, -0.25) is 4.79 Å².